The second-order valence-electron chi connectivity index (χ2n) is 4.66. The van der Waals surface area contributed by atoms with Crippen molar-refractivity contribution in [1.82, 2.24) is 14.5 Å². The highest BCUT2D eigenvalue weighted by atomic mass is 32.1. The molecule has 3 heterocycles. The zero-order valence-electron chi connectivity index (χ0n) is 11.9. The van der Waals surface area contributed by atoms with Crippen LogP contribution in [-0.2, 0) is 11.3 Å². The van der Waals surface area contributed by atoms with Gasteiger partial charge in [0.15, 0.2) is 5.13 Å². The fraction of sp³-hybridized carbons (Fsp3) is 0.154. The van der Waals surface area contributed by atoms with Crippen LogP contribution in [0.5, 0.6) is 0 Å². The number of hydrogen-bond donors (Lipinski definition) is 2. The molecule has 0 aromatic carbocycles. The zero-order valence-corrected chi connectivity index (χ0v) is 13.5. The van der Waals surface area contributed by atoms with Crippen molar-refractivity contribution in [2.75, 3.05) is 5.32 Å². The highest BCUT2D eigenvalue weighted by Gasteiger charge is 2.18. The first kappa shape index (κ1) is 15.3. The van der Waals surface area contributed by atoms with Crippen molar-refractivity contribution in [3.63, 3.8) is 0 Å². The van der Waals surface area contributed by atoms with Crippen molar-refractivity contribution in [3.05, 3.63) is 38.7 Å². The van der Waals surface area contributed by atoms with Gasteiger partial charge in [-0.1, -0.05) is 0 Å². The number of nitrogens with one attached hydrogen (secondary N) is 1. The molecule has 3 aromatic rings. The van der Waals surface area contributed by atoms with Crippen LogP contribution in [0.2, 0.25) is 0 Å². The highest BCUT2D eigenvalue weighted by molar-refractivity contribution is 7.20. The van der Waals surface area contributed by atoms with E-state index in [4.69, 9.17) is 5.73 Å². The quantitative estimate of drug-likeness (QED) is 0.727. The molecule has 23 heavy (non-hydrogen) atoms. The zero-order chi connectivity index (χ0) is 16.6. The molecule has 0 aliphatic carbocycles. The molecule has 0 saturated carbocycles. The second-order valence-corrected chi connectivity index (χ2v) is 6.56. The monoisotopic (exact) mass is 349 g/mol. The molecule has 0 atom stereocenters. The van der Waals surface area contributed by atoms with Crippen molar-refractivity contribution in [2.45, 2.75) is 13.5 Å². The van der Waals surface area contributed by atoms with E-state index in [1.54, 1.807) is 18.5 Å². The van der Waals surface area contributed by atoms with Crippen LogP contribution >= 0.6 is 22.7 Å². The van der Waals surface area contributed by atoms with Crippen LogP contribution < -0.4 is 16.6 Å². The fourth-order valence-electron chi connectivity index (χ4n) is 2.11. The average molecular weight is 349 g/mol. The van der Waals surface area contributed by atoms with Gasteiger partial charge in [-0.15, -0.1) is 22.7 Å². The summed E-state index contributed by atoms with van der Waals surface area (Å²) in [4.78, 5) is 44.6. The average Bonchev–Trinajstić information content (AvgIpc) is 3.10. The molecule has 118 valence electrons. The van der Waals surface area contributed by atoms with Gasteiger partial charge in [0.2, 0.25) is 5.91 Å². The van der Waals surface area contributed by atoms with Gasteiger partial charge in [0, 0.05) is 11.6 Å². The van der Waals surface area contributed by atoms with E-state index in [2.05, 4.69) is 15.3 Å². The fourth-order valence-corrected chi connectivity index (χ4v) is 3.64. The number of aryl methyl sites for hydroxylation is 1. The van der Waals surface area contributed by atoms with E-state index in [1.807, 2.05) is 0 Å². The normalized spacial score (nSPS) is 10.8. The molecule has 3 N–H and O–H groups in total. The summed E-state index contributed by atoms with van der Waals surface area (Å²) in [7, 11) is 0. The van der Waals surface area contributed by atoms with Gasteiger partial charge in [-0.3, -0.25) is 19.0 Å². The van der Waals surface area contributed by atoms with Crippen molar-refractivity contribution in [3.8, 4) is 0 Å². The number of anilines is 1. The molecule has 0 aliphatic heterocycles. The molecule has 0 bridgehead atoms. The lowest BCUT2D eigenvalue weighted by molar-refractivity contribution is -0.116. The van der Waals surface area contributed by atoms with E-state index < -0.39 is 5.91 Å². The van der Waals surface area contributed by atoms with Gasteiger partial charge in [-0.25, -0.2) is 9.97 Å². The number of carbonyl (C=O) groups excluding carboxylic acids is 2. The molecule has 0 aliphatic rings. The van der Waals surface area contributed by atoms with Crippen LogP contribution in [0.3, 0.4) is 0 Å². The van der Waals surface area contributed by atoms with Crippen LogP contribution in [-0.4, -0.2) is 26.3 Å². The summed E-state index contributed by atoms with van der Waals surface area (Å²) in [5, 5.41) is 5.10. The molecule has 0 unspecified atom stereocenters. The highest BCUT2D eigenvalue weighted by Crippen LogP contribution is 2.26. The largest absolute Gasteiger partial charge is 0.365 e. The number of rotatable bonds is 4. The molecular weight excluding hydrogens is 338 g/mol. The maximum absolute atomic E-state index is 12.5. The Morgan fingerprint density at radius 1 is 1.39 bits per heavy atom. The van der Waals surface area contributed by atoms with E-state index in [0.717, 1.165) is 11.3 Å². The van der Waals surface area contributed by atoms with E-state index in [9.17, 15) is 14.4 Å². The van der Waals surface area contributed by atoms with Gasteiger partial charge in [-0.05, 0) is 12.5 Å². The summed E-state index contributed by atoms with van der Waals surface area (Å²) < 4.78 is 1.19. The molecule has 0 saturated heterocycles. The number of nitrogens with zero attached hydrogens (tertiary/aromatic N) is 3. The summed E-state index contributed by atoms with van der Waals surface area (Å²) in [6.45, 7) is 1.45. The predicted molar refractivity (Wildman–Crippen MR) is 87.9 cm³/mol. The smallest absolute Gasteiger partial charge is 0.262 e. The maximum atomic E-state index is 12.5. The lowest BCUT2D eigenvalue weighted by atomic mass is 10.2. The Kier molecular flexibility index (Phi) is 3.92. The summed E-state index contributed by atoms with van der Waals surface area (Å²) in [5.74, 6) is -0.982. The Labute approximate surface area is 137 Å². The minimum absolute atomic E-state index is 0.192. The maximum Gasteiger partial charge on any atom is 0.262 e. The number of fused-ring (bicyclic) bond motifs is 1. The van der Waals surface area contributed by atoms with Crippen molar-refractivity contribution in [2.24, 2.45) is 5.73 Å². The van der Waals surface area contributed by atoms with E-state index >= 15 is 0 Å². The second kappa shape index (κ2) is 5.89. The summed E-state index contributed by atoms with van der Waals surface area (Å²) in [6.07, 6.45) is 2.85. The first-order valence-electron chi connectivity index (χ1n) is 6.45. The molecule has 3 aromatic heterocycles. The van der Waals surface area contributed by atoms with Crippen LogP contribution in [0.15, 0.2) is 22.7 Å². The van der Waals surface area contributed by atoms with Crippen LogP contribution in [0.1, 0.15) is 15.2 Å². The number of thiophene rings is 1. The van der Waals surface area contributed by atoms with Gasteiger partial charge < -0.3 is 11.1 Å². The topological polar surface area (TPSA) is 120 Å². The standard InChI is InChI=1S/C13H11N5O3S2/c1-6-8-11(23-9(6)10(14)20)16-5-18(12(8)21)4-7(19)17-13-15-2-3-22-13/h2-3,5H,4H2,1H3,(H2,14,20)(H,15,17,19). The molecule has 0 fully saturated rings. The lowest BCUT2D eigenvalue weighted by Gasteiger charge is -2.05. The number of aromatic nitrogens is 3. The Hall–Kier alpha value is -2.59. The molecule has 3 rings (SSSR count). The first-order chi connectivity index (χ1) is 11.0. The summed E-state index contributed by atoms with van der Waals surface area (Å²) >= 11 is 2.35. The Morgan fingerprint density at radius 2 is 2.17 bits per heavy atom. The molecule has 0 spiro atoms. The predicted octanol–water partition coefficient (Wildman–Crippen LogP) is 0.961. The van der Waals surface area contributed by atoms with E-state index in [1.165, 1.54) is 22.2 Å². The third kappa shape index (κ3) is 2.85. The number of nitrogens with two attached hydrogens (primary N) is 1. The Morgan fingerprint density at radius 3 is 2.83 bits per heavy atom. The first-order valence-corrected chi connectivity index (χ1v) is 8.14. The van der Waals surface area contributed by atoms with Gasteiger partial charge in [0.05, 0.1) is 16.6 Å². The minimum atomic E-state index is -0.599. The number of thiazole rings is 1. The van der Waals surface area contributed by atoms with Gasteiger partial charge in [0.25, 0.3) is 11.5 Å². The number of hydrogen-bond acceptors (Lipinski definition) is 7. The van der Waals surface area contributed by atoms with E-state index in [0.29, 0.717) is 25.8 Å². The van der Waals surface area contributed by atoms with Crippen molar-refractivity contribution >= 4 is 49.8 Å². The van der Waals surface area contributed by atoms with Crippen molar-refractivity contribution in [1.29, 1.82) is 0 Å². The van der Waals surface area contributed by atoms with Crippen LogP contribution in [0, 0.1) is 6.92 Å². The van der Waals surface area contributed by atoms with Crippen LogP contribution in [0.25, 0.3) is 10.2 Å². The van der Waals surface area contributed by atoms with Crippen LogP contribution in [0.4, 0.5) is 5.13 Å². The molecule has 8 nitrogen and oxygen atoms in total. The molecule has 10 heteroatoms. The number of amides is 2. The van der Waals surface area contributed by atoms with Crippen molar-refractivity contribution < 1.29 is 9.59 Å². The summed E-state index contributed by atoms with van der Waals surface area (Å²) in [6, 6.07) is 0. The number of primary amides is 1. The minimum Gasteiger partial charge on any atom is -0.365 e. The molecular formula is C13H11N5O3S2. The van der Waals surface area contributed by atoms with Gasteiger partial charge in [-0.2, -0.15) is 0 Å². The van der Waals surface area contributed by atoms with Gasteiger partial charge in [0.1, 0.15) is 11.4 Å². The van der Waals surface area contributed by atoms with E-state index in [-0.39, 0.29) is 18.0 Å². The molecule has 0 radical (unpaired) electrons. The summed E-state index contributed by atoms with van der Waals surface area (Å²) in [5.41, 5.74) is 5.39. The third-order valence-corrected chi connectivity index (χ3v) is 5.04. The SMILES string of the molecule is Cc1c(C(N)=O)sc2ncn(CC(=O)Nc3nccs3)c(=O)c12. The Bertz CT molecular complexity index is 958. The molecule has 2 amide bonds. The Balaban J connectivity index is 1.94. The third-order valence-electron chi connectivity index (χ3n) is 3.13. The number of carbonyl (C=O) groups is 2. The van der Waals surface area contributed by atoms with Gasteiger partial charge >= 0.3 is 0 Å². The lowest BCUT2D eigenvalue weighted by Crippen LogP contribution is -2.27.